The zero-order chi connectivity index (χ0) is 13.9. The molecule has 0 fully saturated rings. The van der Waals surface area contributed by atoms with Gasteiger partial charge in [-0.25, -0.2) is 0 Å². The van der Waals surface area contributed by atoms with Crippen molar-refractivity contribution in [3.8, 4) is 0 Å². The molecule has 0 aliphatic heterocycles. The van der Waals surface area contributed by atoms with Gasteiger partial charge in [-0.2, -0.15) is 0 Å². The highest BCUT2D eigenvalue weighted by atomic mass is 32.2. The van der Waals surface area contributed by atoms with Crippen LogP contribution in [0.3, 0.4) is 0 Å². The maximum absolute atomic E-state index is 5.29. The number of hydrogen-bond donors (Lipinski definition) is 1. The normalized spacial score (nSPS) is 11.2. The van der Waals surface area contributed by atoms with Crippen molar-refractivity contribution < 1.29 is 4.74 Å². The predicted molar refractivity (Wildman–Crippen MR) is 85.2 cm³/mol. The number of hydrogen-bond acceptors (Lipinski definition) is 3. The summed E-state index contributed by atoms with van der Waals surface area (Å²) in [6.45, 7) is 10.3. The Morgan fingerprint density at radius 2 is 1.89 bits per heavy atom. The third-order valence-corrected chi connectivity index (χ3v) is 3.95. The van der Waals surface area contributed by atoms with Crippen molar-refractivity contribution in [2.75, 3.05) is 32.1 Å². The molecule has 0 atom stereocenters. The van der Waals surface area contributed by atoms with Crippen molar-refractivity contribution in [1.29, 1.82) is 0 Å². The van der Waals surface area contributed by atoms with Gasteiger partial charge in [0.2, 0.25) is 0 Å². The lowest BCUT2D eigenvalue weighted by atomic mass is 10.0. The lowest BCUT2D eigenvalue weighted by Crippen LogP contribution is -2.19. The third-order valence-electron chi connectivity index (χ3n) is 2.94. The van der Waals surface area contributed by atoms with Crippen LogP contribution in [0, 0.1) is 0 Å². The zero-order valence-electron chi connectivity index (χ0n) is 12.4. The van der Waals surface area contributed by atoms with Crippen LogP contribution in [-0.4, -0.2) is 32.1 Å². The SMILES string of the molecule is CCOCCCNCCSc1ccc(C(C)C)cc1. The van der Waals surface area contributed by atoms with Gasteiger partial charge in [0, 0.05) is 30.4 Å². The molecular formula is C16H27NOS. The molecule has 1 N–H and O–H groups in total. The number of ether oxygens (including phenoxy) is 1. The Bertz CT molecular complexity index is 324. The topological polar surface area (TPSA) is 21.3 Å². The first-order valence-corrected chi connectivity index (χ1v) is 8.23. The van der Waals surface area contributed by atoms with Crippen molar-refractivity contribution in [3.63, 3.8) is 0 Å². The monoisotopic (exact) mass is 281 g/mol. The van der Waals surface area contributed by atoms with Crippen LogP contribution in [0.25, 0.3) is 0 Å². The van der Waals surface area contributed by atoms with E-state index in [4.69, 9.17) is 4.74 Å². The molecule has 1 rings (SSSR count). The Kier molecular flexibility index (Phi) is 8.97. The zero-order valence-corrected chi connectivity index (χ0v) is 13.3. The summed E-state index contributed by atoms with van der Waals surface area (Å²) in [5.41, 5.74) is 1.42. The van der Waals surface area contributed by atoms with Gasteiger partial charge in [0.25, 0.3) is 0 Å². The lowest BCUT2D eigenvalue weighted by Gasteiger charge is -2.07. The molecule has 0 aliphatic rings. The molecule has 0 saturated heterocycles. The van der Waals surface area contributed by atoms with Crippen molar-refractivity contribution in [2.24, 2.45) is 0 Å². The second-order valence-corrected chi connectivity index (χ2v) is 6.04. The lowest BCUT2D eigenvalue weighted by molar-refractivity contribution is 0.145. The van der Waals surface area contributed by atoms with Gasteiger partial charge in [0.15, 0.2) is 0 Å². The van der Waals surface area contributed by atoms with E-state index in [9.17, 15) is 0 Å². The first kappa shape index (κ1) is 16.5. The minimum Gasteiger partial charge on any atom is -0.382 e. The number of thioether (sulfide) groups is 1. The molecule has 0 heterocycles. The van der Waals surface area contributed by atoms with Gasteiger partial charge in [-0.1, -0.05) is 26.0 Å². The second kappa shape index (κ2) is 10.3. The van der Waals surface area contributed by atoms with Gasteiger partial charge >= 0.3 is 0 Å². The summed E-state index contributed by atoms with van der Waals surface area (Å²) in [6, 6.07) is 8.94. The summed E-state index contributed by atoms with van der Waals surface area (Å²) in [6.07, 6.45) is 1.10. The van der Waals surface area contributed by atoms with E-state index >= 15 is 0 Å². The van der Waals surface area contributed by atoms with Crippen molar-refractivity contribution in [2.45, 2.75) is 38.0 Å². The molecule has 2 nitrogen and oxygen atoms in total. The summed E-state index contributed by atoms with van der Waals surface area (Å²) in [7, 11) is 0. The summed E-state index contributed by atoms with van der Waals surface area (Å²) in [5.74, 6) is 1.74. The third kappa shape index (κ3) is 7.61. The molecule has 0 radical (unpaired) electrons. The molecule has 0 aromatic heterocycles. The van der Waals surface area contributed by atoms with Gasteiger partial charge in [0.05, 0.1) is 0 Å². The van der Waals surface area contributed by atoms with Crippen LogP contribution in [0.1, 0.15) is 38.7 Å². The van der Waals surface area contributed by atoms with Gasteiger partial charge in [0.1, 0.15) is 0 Å². The number of rotatable bonds is 10. The van der Waals surface area contributed by atoms with Gasteiger partial charge in [-0.05, 0) is 43.5 Å². The average Bonchev–Trinajstić information content (AvgIpc) is 2.42. The Balaban J connectivity index is 2.06. The fraction of sp³-hybridized carbons (Fsp3) is 0.625. The fourth-order valence-corrected chi connectivity index (χ4v) is 2.57. The van der Waals surface area contributed by atoms with E-state index < -0.39 is 0 Å². The fourth-order valence-electron chi connectivity index (χ4n) is 1.76. The van der Waals surface area contributed by atoms with E-state index in [1.807, 2.05) is 18.7 Å². The summed E-state index contributed by atoms with van der Waals surface area (Å²) >= 11 is 1.92. The molecule has 0 amide bonds. The standard InChI is InChI=1S/C16H27NOS/c1-4-18-12-5-10-17-11-13-19-16-8-6-15(7-9-16)14(2)3/h6-9,14,17H,4-5,10-13H2,1-3H3. The van der Waals surface area contributed by atoms with Crippen LogP contribution in [0.4, 0.5) is 0 Å². The van der Waals surface area contributed by atoms with Crippen molar-refractivity contribution in [3.05, 3.63) is 29.8 Å². The van der Waals surface area contributed by atoms with E-state index in [0.717, 1.165) is 38.5 Å². The molecule has 1 aromatic carbocycles. The van der Waals surface area contributed by atoms with E-state index in [2.05, 4.69) is 43.4 Å². The summed E-state index contributed by atoms with van der Waals surface area (Å²) in [5, 5.41) is 3.44. The first-order valence-electron chi connectivity index (χ1n) is 7.25. The van der Waals surface area contributed by atoms with E-state index in [1.165, 1.54) is 10.5 Å². The van der Waals surface area contributed by atoms with E-state index in [0.29, 0.717) is 5.92 Å². The van der Waals surface area contributed by atoms with Crippen LogP contribution in [-0.2, 0) is 4.74 Å². The Hall–Kier alpha value is -0.510. The molecule has 0 bridgehead atoms. The predicted octanol–water partition coefficient (Wildman–Crippen LogP) is 3.92. The Labute approximate surface area is 122 Å². The van der Waals surface area contributed by atoms with Gasteiger partial charge in [-0.3, -0.25) is 0 Å². The molecule has 1 aromatic rings. The van der Waals surface area contributed by atoms with Crippen molar-refractivity contribution in [1.82, 2.24) is 5.32 Å². The highest BCUT2D eigenvalue weighted by Crippen LogP contribution is 2.21. The second-order valence-electron chi connectivity index (χ2n) is 4.87. The maximum Gasteiger partial charge on any atom is 0.0477 e. The van der Waals surface area contributed by atoms with Crippen LogP contribution in [0.2, 0.25) is 0 Å². The smallest absolute Gasteiger partial charge is 0.0477 e. The molecule has 108 valence electrons. The number of nitrogens with one attached hydrogen (secondary N) is 1. The molecule has 3 heteroatoms. The maximum atomic E-state index is 5.29. The molecule has 0 spiro atoms. The Morgan fingerprint density at radius 1 is 1.16 bits per heavy atom. The first-order chi connectivity index (χ1) is 9.24. The minimum absolute atomic E-state index is 0.617. The largest absolute Gasteiger partial charge is 0.382 e. The number of benzene rings is 1. The molecule has 0 saturated carbocycles. The molecule has 0 unspecified atom stereocenters. The summed E-state index contributed by atoms with van der Waals surface area (Å²) < 4.78 is 5.29. The van der Waals surface area contributed by atoms with Crippen LogP contribution >= 0.6 is 11.8 Å². The Morgan fingerprint density at radius 3 is 2.53 bits per heavy atom. The van der Waals surface area contributed by atoms with Crippen LogP contribution in [0.5, 0.6) is 0 Å². The summed E-state index contributed by atoms with van der Waals surface area (Å²) in [4.78, 5) is 1.36. The van der Waals surface area contributed by atoms with Crippen molar-refractivity contribution >= 4 is 11.8 Å². The molecule has 19 heavy (non-hydrogen) atoms. The van der Waals surface area contributed by atoms with Crippen LogP contribution < -0.4 is 5.32 Å². The van der Waals surface area contributed by atoms with Gasteiger partial charge < -0.3 is 10.1 Å². The van der Waals surface area contributed by atoms with Crippen LogP contribution in [0.15, 0.2) is 29.2 Å². The molecule has 0 aliphatic carbocycles. The van der Waals surface area contributed by atoms with Gasteiger partial charge in [-0.15, -0.1) is 11.8 Å². The van der Waals surface area contributed by atoms with E-state index in [-0.39, 0.29) is 0 Å². The quantitative estimate of drug-likeness (QED) is 0.519. The minimum atomic E-state index is 0.617. The molecular weight excluding hydrogens is 254 g/mol. The highest BCUT2D eigenvalue weighted by molar-refractivity contribution is 7.99. The van der Waals surface area contributed by atoms with E-state index in [1.54, 1.807) is 0 Å². The highest BCUT2D eigenvalue weighted by Gasteiger charge is 1.99. The average molecular weight is 281 g/mol.